The Kier molecular flexibility index (Phi) is 11.0. The minimum Gasteiger partial charge on any atom is -0.481 e. The Bertz CT molecular complexity index is 736. The molecule has 3 atom stereocenters. The van der Waals surface area contributed by atoms with Crippen LogP contribution >= 0.6 is 12.4 Å². The number of carboxylic acid groups (broad SMARTS) is 1. The third-order valence-corrected chi connectivity index (χ3v) is 6.20. The number of alkyl halides is 6. The quantitative estimate of drug-likeness (QED) is 0.364. The molecule has 0 amide bonds. The number of hydrogen-bond donors (Lipinski definition) is 1. The van der Waals surface area contributed by atoms with E-state index in [-0.39, 0.29) is 49.2 Å². The maximum absolute atomic E-state index is 13.0. The molecule has 0 aromatic heterocycles. The Balaban J connectivity index is 0.00000544. The van der Waals surface area contributed by atoms with Gasteiger partial charge >= 0.3 is 18.3 Å². The van der Waals surface area contributed by atoms with E-state index in [2.05, 4.69) is 0 Å². The molecule has 1 aromatic carbocycles. The standard InChI is InChI=1S/C23H31F6NO2.ClH/c1-15(2)9-11-30(12-10-22(24,25)26)20-8-3-16(14-21(31)32)13-19(20)17-4-6-18(7-5-17)23(27,28)29;/h4-7,15-16,19-20H,3,8-14H2,1-2H3,(H,31,32);1H/t16-,19+,20-;/m0./s1. The highest BCUT2D eigenvalue weighted by molar-refractivity contribution is 5.85. The van der Waals surface area contributed by atoms with Crippen molar-refractivity contribution in [2.75, 3.05) is 13.1 Å². The molecule has 0 aliphatic heterocycles. The van der Waals surface area contributed by atoms with Gasteiger partial charge in [0.25, 0.3) is 0 Å². The smallest absolute Gasteiger partial charge is 0.416 e. The van der Waals surface area contributed by atoms with E-state index in [1.807, 2.05) is 18.7 Å². The number of carbonyl (C=O) groups is 1. The lowest BCUT2D eigenvalue weighted by molar-refractivity contribution is -0.141. The highest BCUT2D eigenvalue weighted by Gasteiger charge is 2.38. The SMILES string of the molecule is CC(C)CCN(CCC(F)(F)F)[C@H]1CC[C@H](CC(=O)O)C[C@@H]1c1ccc(C(F)(F)F)cc1.Cl. The van der Waals surface area contributed by atoms with Crippen molar-refractivity contribution in [3.05, 3.63) is 35.4 Å². The van der Waals surface area contributed by atoms with Gasteiger partial charge in [0.05, 0.1) is 12.0 Å². The van der Waals surface area contributed by atoms with E-state index in [1.54, 1.807) is 0 Å². The molecule has 1 saturated carbocycles. The predicted molar refractivity (Wildman–Crippen MR) is 117 cm³/mol. The Morgan fingerprint density at radius 2 is 1.67 bits per heavy atom. The molecule has 33 heavy (non-hydrogen) atoms. The Morgan fingerprint density at radius 1 is 1.06 bits per heavy atom. The molecular formula is C23H32ClF6NO2. The Hall–Kier alpha value is -1.48. The molecule has 0 unspecified atom stereocenters. The molecule has 1 aromatic rings. The van der Waals surface area contributed by atoms with Crippen molar-refractivity contribution in [2.24, 2.45) is 11.8 Å². The van der Waals surface area contributed by atoms with Crippen molar-refractivity contribution in [3.8, 4) is 0 Å². The van der Waals surface area contributed by atoms with Crippen LogP contribution in [0.2, 0.25) is 0 Å². The summed E-state index contributed by atoms with van der Waals surface area (Å²) >= 11 is 0. The van der Waals surface area contributed by atoms with Crippen LogP contribution < -0.4 is 0 Å². The van der Waals surface area contributed by atoms with Crippen molar-refractivity contribution < 1.29 is 36.2 Å². The number of benzene rings is 1. The highest BCUT2D eigenvalue weighted by Crippen LogP contribution is 2.42. The van der Waals surface area contributed by atoms with Crippen LogP contribution in [0, 0.1) is 11.8 Å². The van der Waals surface area contributed by atoms with Crippen molar-refractivity contribution in [3.63, 3.8) is 0 Å². The molecule has 1 fully saturated rings. The van der Waals surface area contributed by atoms with Crippen LogP contribution in [-0.2, 0) is 11.0 Å². The van der Waals surface area contributed by atoms with Gasteiger partial charge in [0.15, 0.2) is 0 Å². The summed E-state index contributed by atoms with van der Waals surface area (Å²) in [6, 6.07) is 4.46. The van der Waals surface area contributed by atoms with Gasteiger partial charge in [-0.05, 0) is 67.7 Å². The number of aliphatic carboxylic acids is 1. The first-order chi connectivity index (χ1) is 14.8. The molecule has 1 aliphatic rings. The highest BCUT2D eigenvalue weighted by atomic mass is 35.5. The predicted octanol–water partition coefficient (Wildman–Crippen LogP) is 7.15. The Morgan fingerprint density at radius 3 is 2.15 bits per heavy atom. The van der Waals surface area contributed by atoms with Gasteiger partial charge in [-0.25, -0.2) is 0 Å². The van der Waals surface area contributed by atoms with E-state index in [0.717, 1.165) is 12.1 Å². The molecule has 10 heteroatoms. The lowest BCUT2D eigenvalue weighted by atomic mass is 9.73. The van der Waals surface area contributed by atoms with Gasteiger partial charge in [0, 0.05) is 19.0 Å². The van der Waals surface area contributed by atoms with Crippen LogP contribution in [-0.4, -0.2) is 41.3 Å². The third-order valence-electron chi connectivity index (χ3n) is 6.20. The minimum absolute atomic E-state index is 0. The van der Waals surface area contributed by atoms with Crippen LogP contribution in [0.15, 0.2) is 24.3 Å². The van der Waals surface area contributed by atoms with E-state index in [1.165, 1.54) is 12.1 Å². The fourth-order valence-electron chi connectivity index (χ4n) is 4.53. The minimum atomic E-state index is -4.48. The zero-order valence-electron chi connectivity index (χ0n) is 18.8. The van der Waals surface area contributed by atoms with Gasteiger partial charge in [0.2, 0.25) is 0 Å². The van der Waals surface area contributed by atoms with Crippen LogP contribution in [0.1, 0.15) is 69.4 Å². The van der Waals surface area contributed by atoms with E-state index < -0.39 is 30.3 Å². The zero-order chi connectivity index (χ0) is 24.1. The number of rotatable bonds is 9. The first kappa shape index (κ1) is 29.6. The van der Waals surface area contributed by atoms with E-state index in [9.17, 15) is 36.2 Å². The van der Waals surface area contributed by atoms with Gasteiger partial charge in [-0.1, -0.05) is 26.0 Å². The molecule has 0 bridgehead atoms. The maximum atomic E-state index is 13.0. The molecule has 1 aliphatic carbocycles. The average Bonchev–Trinajstić information content (AvgIpc) is 2.66. The number of carboxylic acids is 1. The number of nitrogens with zero attached hydrogens (tertiary/aromatic N) is 1. The second-order valence-corrected chi connectivity index (χ2v) is 9.15. The van der Waals surface area contributed by atoms with Crippen LogP contribution in [0.3, 0.4) is 0 Å². The zero-order valence-corrected chi connectivity index (χ0v) is 19.6. The van der Waals surface area contributed by atoms with Gasteiger partial charge in [-0.15, -0.1) is 12.4 Å². The summed E-state index contributed by atoms with van der Waals surface area (Å²) in [5, 5.41) is 9.18. The summed E-state index contributed by atoms with van der Waals surface area (Å²) in [4.78, 5) is 13.0. The van der Waals surface area contributed by atoms with Crippen LogP contribution in [0.25, 0.3) is 0 Å². The van der Waals surface area contributed by atoms with E-state index in [4.69, 9.17) is 0 Å². The summed E-state index contributed by atoms with van der Waals surface area (Å²) in [5.74, 6) is -1.15. The molecule has 0 radical (unpaired) electrons. The lowest BCUT2D eigenvalue weighted by Crippen LogP contribution is -2.45. The molecule has 0 saturated heterocycles. The second kappa shape index (κ2) is 12.3. The van der Waals surface area contributed by atoms with Crippen molar-refractivity contribution in [2.45, 2.75) is 76.7 Å². The summed E-state index contributed by atoms with van der Waals surface area (Å²) < 4.78 is 77.8. The van der Waals surface area contributed by atoms with Gasteiger partial charge < -0.3 is 5.11 Å². The summed E-state index contributed by atoms with van der Waals surface area (Å²) in [6.07, 6.45) is -7.60. The van der Waals surface area contributed by atoms with E-state index >= 15 is 0 Å². The van der Waals surface area contributed by atoms with Gasteiger partial charge in [-0.3, -0.25) is 9.69 Å². The Labute approximate surface area is 196 Å². The molecule has 190 valence electrons. The molecule has 2 rings (SSSR count). The number of halogens is 7. The fourth-order valence-corrected chi connectivity index (χ4v) is 4.53. The first-order valence-electron chi connectivity index (χ1n) is 11.0. The molecular weight excluding hydrogens is 472 g/mol. The van der Waals surface area contributed by atoms with Crippen LogP contribution in [0.4, 0.5) is 26.3 Å². The molecule has 3 nitrogen and oxygen atoms in total. The first-order valence-corrected chi connectivity index (χ1v) is 11.0. The monoisotopic (exact) mass is 503 g/mol. The van der Waals surface area contributed by atoms with Crippen LogP contribution in [0.5, 0.6) is 0 Å². The summed E-state index contributed by atoms with van der Waals surface area (Å²) in [6.45, 7) is 4.25. The maximum Gasteiger partial charge on any atom is 0.416 e. The van der Waals surface area contributed by atoms with Crippen molar-refractivity contribution in [1.29, 1.82) is 0 Å². The third kappa shape index (κ3) is 9.73. The average molecular weight is 504 g/mol. The topological polar surface area (TPSA) is 40.5 Å². The van der Waals surface area contributed by atoms with Gasteiger partial charge in [0.1, 0.15) is 0 Å². The fraction of sp³-hybridized carbons (Fsp3) is 0.696. The molecule has 0 spiro atoms. The van der Waals surface area contributed by atoms with Gasteiger partial charge in [-0.2, -0.15) is 26.3 Å². The van der Waals surface area contributed by atoms with E-state index in [0.29, 0.717) is 37.8 Å². The van der Waals surface area contributed by atoms with Crippen molar-refractivity contribution >= 4 is 18.4 Å². The summed E-state index contributed by atoms with van der Waals surface area (Å²) in [7, 11) is 0. The second-order valence-electron chi connectivity index (χ2n) is 9.15. The molecule has 1 N–H and O–H groups in total. The largest absolute Gasteiger partial charge is 0.481 e. The number of hydrogen-bond acceptors (Lipinski definition) is 2. The summed E-state index contributed by atoms with van der Waals surface area (Å²) in [5.41, 5.74) is -0.177. The molecule has 0 heterocycles. The normalized spacial score (nSPS) is 21.8. The lowest BCUT2D eigenvalue weighted by Gasteiger charge is -2.43. The van der Waals surface area contributed by atoms with Crippen molar-refractivity contribution in [1.82, 2.24) is 4.90 Å².